The van der Waals surface area contributed by atoms with E-state index >= 15 is 0 Å². The molecule has 0 aromatic heterocycles. The Morgan fingerprint density at radius 3 is 2.58 bits per heavy atom. The highest BCUT2D eigenvalue weighted by atomic mass is 127. The van der Waals surface area contributed by atoms with Crippen LogP contribution in [0.3, 0.4) is 0 Å². The van der Waals surface area contributed by atoms with Crippen LogP contribution >= 0.6 is 24.0 Å². The zero-order valence-electron chi connectivity index (χ0n) is 12.8. The highest BCUT2D eigenvalue weighted by Crippen LogP contribution is 2.19. The maximum Gasteiger partial charge on any atom is 0.191 e. The first-order valence-electron chi connectivity index (χ1n) is 7.07. The number of hydrogen-bond donors (Lipinski definition) is 2. The van der Waals surface area contributed by atoms with Crippen LogP contribution in [0.2, 0.25) is 0 Å². The number of rotatable bonds is 5. The van der Waals surface area contributed by atoms with Crippen LogP contribution < -0.4 is 10.6 Å². The molecule has 0 spiro atoms. The predicted molar refractivity (Wildman–Crippen MR) is 92.4 cm³/mol. The molecular weight excluding hydrogens is 353 g/mol. The third-order valence-corrected chi connectivity index (χ3v) is 3.14. The highest BCUT2D eigenvalue weighted by Gasteiger charge is 2.15. The van der Waals surface area contributed by atoms with Crippen LogP contribution in [0, 0.1) is 5.41 Å². The van der Waals surface area contributed by atoms with Gasteiger partial charge in [-0.25, -0.2) is 0 Å². The number of ether oxygens (including phenoxy) is 1. The first kappa shape index (κ1) is 19.0. The van der Waals surface area contributed by atoms with E-state index in [2.05, 4.69) is 36.4 Å². The number of guanidine groups is 1. The minimum Gasteiger partial charge on any atom is -0.376 e. The van der Waals surface area contributed by atoms with Crippen LogP contribution in [0.15, 0.2) is 4.99 Å². The van der Waals surface area contributed by atoms with Gasteiger partial charge in [0.1, 0.15) is 0 Å². The fourth-order valence-corrected chi connectivity index (χ4v) is 2.06. The van der Waals surface area contributed by atoms with Gasteiger partial charge in [0.05, 0.1) is 6.10 Å². The van der Waals surface area contributed by atoms with E-state index in [1.54, 1.807) is 0 Å². The van der Waals surface area contributed by atoms with Gasteiger partial charge < -0.3 is 15.4 Å². The molecule has 1 heterocycles. The van der Waals surface area contributed by atoms with Gasteiger partial charge in [0.2, 0.25) is 0 Å². The van der Waals surface area contributed by atoms with Crippen molar-refractivity contribution in [2.75, 3.05) is 26.7 Å². The minimum absolute atomic E-state index is 0. The molecule has 2 N–H and O–H groups in total. The smallest absolute Gasteiger partial charge is 0.191 e. The minimum atomic E-state index is 0. The molecule has 1 saturated heterocycles. The van der Waals surface area contributed by atoms with E-state index in [9.17, 15) is 0 Å². The summed E-state index contributed by atoms with van der Waals surface area (Å²) >= 11 is 0. The van der Waals surface area contributed by atoms with E-state index in [1.165, 1.54) is 19.3 Å². The zero-order valence-corrected chi connectivity index (χ0v) is 15.1. The summed E-state index contributed by atoms with van der Waals surface area (Å²) in [6.45, 7) is 9.57. The average Bonchev–Trinajstić information content (AvgIpc) is 2.79. The van der Waals surface area contributed by atoms with Gasteiger partial charge >= 0.3 is 0 Å². The van der Waals surface area contributed by atoms with Gasteiger partial charge in [0, 0.05) is 26.7 Å². The summed E-state index contributed by atoms with van der Waals surface area (Å²) < 4.78 is 5.57. The largest absolute Gasteiger partial charge is 0.376 e. The van der Waals surface area contributed by atoms with Crippen molar-refractivity contribution in [2.24, 2.45) is 10.4 Å². The molecule has 114 valence electrons. The summed E-state index contributed by atoms with van der Waals surface area (Å²) in [5.41, 5.74) is 0.413. The third-order valence-electron chi connectivity index (χ3n) is 3.14. The molecule has 0 aromatic carbocycles. The standard InChI is InChI=1S/C14H29N3O.HI/c1-14(2,3)8-6-9-16-13(15-4)17-11-12-7-5-10-18-12;/h12H,5-11H2,1-4H3,(H2,15,16,17);1H. The van der Waals surface area contributed by atoms with E-state index in [4.69, 9.17) is 4.74 Å². The SMILES string of the molecule is CN=C(NCCCC(C)(C)C)NCC1CCCO1.I. The van der Waals surface area contributed by atoms with Crippen molar-refractivity contribution in [3.8, 4) is 0 Å². The van der Waals surface area contributed by atoms with Crippen LogP contribution in [0.5, 0.6) is 0 Å². The quantitative estimate of drug-likeness (QED) is 0.332. The molecule has 0 aromatic rings. The Hall–Kier alpha value is -0.0400. The molecule has 1 atom stereocenters. The van der Waals surface area contributed by atoms with Crippen molar-refractivity contribution >= 4 is 29.9 Å². The fraction of sp³-hybridized carbons (Fsp3) is 0.929. The van der Waals surface area contributed by atoms with E-state index in [-0.39, 0.29) is 24.0 Å². The molecule has 1 fully saturated rings. The number of hydrogen-bond acceptors (Lipinski definition) is 2. The van der Waals surface area contributed by atoms with Crippen LogP contribution in [0.1, 0.15) is 46.5 Å². The van der Waals surface area contributed by atoms with Crippen LogP contribution in [-0.2, 0) is 4.74 Å². The summed E-state index contributed by atoms with van der Waals surface area (Å²) in [6, 6.07) is 0. The summed E-state index contributed by atoms with van der Waals surface area (Å²) in [5.74, 6) is 0.888. The van der Waals surface area contributed by atoms with Gasteiger partial charge in [-0.15, -0.1) is 24.0 Å². The molecule has 1 rings (SSSR count). The topological polar surface area (TPSA) is 45.7 Å². The van der Waals surface area contributed by atoms with Crippen molar-refractivity contribution in [3.63, 3.8) is 0 Å². The van der Waals surface area contributed by atoms with Crippen molar-refractivity contribution in [1.82, 2.24) is 10.6 Å². The van der Waals surface area contributed by atoms with Gasteiger partial charge in [-0.1, -0.05) is 20.8 Å². The lowest BCUT2D eigenvalue weighted by Crippen LogP contribution is -2.41. The van der Waals surface area contributed by atoms with Gasteiger partial charge in [-0.2, -0.15) is 0 Å². The lowest BCUT2D eigenvalue weighted by atomic mass is 9.91. The van der Waals surface area contributed by atoms with Gasteiger partial charge in [-0.3, -0.25) is 4.99 Å². The van der Waals surface area contributed by atoms with Gasteiger partial charge in [0.15, 0.2) is 5.96 Å². The molecule has 19 heavy (non-hydrogen) atoms. The number of nitrogens with zero attached hydrogens (tertiary/aromatic N) is 1. The Bertz CT molecular complexity index is 258. The summed E-state index contributed by atoms with van der Waals surface area (Å²) in [7, 11) is 1.81. The summed E-state index contributed by atoms with van der Waals surface area (Å²) in [4.78, 5) is 4.22. The van der Waals surface area contributed by atoms with Crippen LogP contribution in [0.4, 0.5) is 0 Å². The first-order chi connectivity index (χ1) is 8.51. The number of aliphatic imine (C=N–C) groups is 1. The number of nitrogens with one attached hydrogen (secondary N) is 2. The van der Waals surface area contributed by atoms with E-state index in [0.29, 0.717) is 11.5 Å². The summed E-state index contributed by atoms with van der Waals surface area (Å²) in [5, 5.41) is 6.67. The number of halogens is 1. The maximum atomic E-state index is 5.57. The Labute approximate surface area is 135 Å². The first-order valence-corrected chi connectivity index (χ1v) is 7.07. The lowest BCUT2D eigenvalue weighted by molar-refractivity contribution is 0.114. The molecule has 0 bridgehead atoms. The zero-order chi connectivity index (χ0) is 13.4. The second kappa shape index (κ2) is 9.80. The molecule has 1 aliphatic heterocycles. The Morgan fingerprint density at radius 2 is 2.05 bits per heavy atom. The Morgan fingerprint density at radius 1 is 1.32 bits per heavy atom. The lowest BCUT2D eigenvalue weighted by Gasteiger charge is -2.19. The molecule has 0 saturated carbocycles. The molecule has 0 amide bonds. The van der Waals surface area contributed by atoms with Crippen molar-refractivity contribution in [2.45, 2.75) is 52.6 Å². The second-order valence-electron chi connectivity index (χ2n) is 6.18. The Balaban J connectivity index is 0.00000324. The monoisotopic (exact) mass is 383 g/mol. The molecule has 5 heteroatoms. The molecule has 1 aliphatic rings. The predicted octanol–water partition coefficient (Wildman–Crippen LogP) is 2.77. The van der Waals surface area contributed by atoms with E-state index in [1.807, 2.05) is 7.05 Å². The normalized spacial score (nSPS) is 20.0. The summed E-state index contributed by atoms with van der Waals surface area (Å²) in [6.07, 6.45) is 5.10. The third kappa shape index (κ3) is 9.49. The van der Waals surface area contributed by atoms with Gasteiger partial charge in [0.25, 0.3) is 0 Å². The molecule has 0 radical (unpaired) electrons. The van der Waals surface area contributed by atoms with Crippen molar-refractivity contribution in [3.05, 3.63) is 0 Å². The molecule has 0 aliphatic carbocycles. The average molecular weight is 383 g/mol. The molecule has 4 nitrogen and oxygen atoms in total. The van der Waals surface area contributed by atoms with Crippen LogP contribution in [0.25, 0.3) is 0 Å². The second-order valence-corrected chi connectivity index (χ2v) is 6.18. The van der Waals surface area contributed by atoms with E-state index in [0.717, 1.165) is 32.1 Å². The van der Waals surface area contributed by atoms with Crippen LogP contribution in [-0.4, -0.2) is 38.8 Å². The fourth-order valence-electron chi connectivity index (χ4n) is 2.06. The highest BCUT2D eigenvalue weighted by molar-refractivity contribution is 14.0. The van der Waals surface area contributed by atoms with Crippen molar-refractivity contribution < 1.29 is 4.74 Å². The Kier molecular flexibility index (Phi) is 9.78. The maximum absolute atomic E-state index is 5.57. The van der Waals surface area contributed by atoms with Gasteiger partial charge in [-0.05, 0) is 31.1 Å². The van der Waals surface area contributed by atoms with E-state index < -0.39 is 0 Å². The van der Waals surface area contributed by atoms with Crippen molar-refractivity contribution in [1.29, 1.82) is 0 Å². The molecular formula is C14H30IN3O. The molecule has 1 unspecified atom stereocenters.